The Labute approximate surface area is 139 Å². The Morgan fingerprint density at radius 1 is 1.04 bits per heavy atom. The third-order valence-corrected chi connectivity index (χ3v) is 3.71. The highest BCUT2D eigenvalue weighted by atomic mass is 16.5. The van der Waals surface area contributed by atoms with Gasteiger partial charge in [0.1, 0.15) is 0 Å². The molecule has 0 aliphatic heterocycles. The molecule has 0 unspecified atom stereocenters. The fraction of sp³-hybridized carbons (Fsp3) is 0.579. The molecule has 0 aliphatic carbocycles. The molecular formula is C19H29NO3. The molecule has 1 rings (SSSR count). The van der Waals surface area contributed by atoms with Crippen molar-refractivity contribution in [3.63, 3.8) is 0 Å². The van der Waals surface area contributed by atoms with E-state index in [1.165, 1.54) is 11.1 Å². The third kappa shape index (κ3) is 7.82. The second kappa shape index (κ2) is 10.8. The van der Waals surface area contributed by atoms with Crippen LogP contribution in [0.3, 0.4) is 0 Å². The van der Waals surface area contributed by atoms with E-state index < -0.39 is 0 Å². The van der Waals surface area contributed by atoms with E-state index >= 15 is 0 Å². The van der Waals surface area contributed by atoms with Crippen LogP contribution < -0.4 is 0 Å². The lowest BCUT2D eigenvalue weighted by atomic mass is 10.1. The van der Waals surface area contributed by atoms with E-state index in [2.05, 4.69) is 31.2 Å². The predicted molar refractivity (Wildman–Crippen MR) is 92.2 cm³/mol. The van der Waals surface area contributed by atoms with Crippen LogP contribution in [-0.2, 0) is 20.7 Å². The van der Waals surface area contributed by atoms with Crippen LogP contribution in [0.25, 0.3) is 0 Å². The van der Waals surface area contributed by atoms with Gasteiger partial charge in [-0.25, -0.2) is 0 Å². The minimum atomic E-state index is -0.235. The minimum Gasteiger partial charge on any atom is -0.466 e. The third-order valence-electron chi connectivity index (χ3n) is 3.71. The van der Waals surface area contributed by atoms with Crippen molar-refractivity contribution in [2.24, 2.45) is 0 Å². The Hall–Kier alpha value is -1.84. The lowest BCUT2D eigenvalue weighted by Gasteiger charge is -2.21. The van der Waals surface area contributed by atoms with E-state index in [0.29, 0.717) is 26.1 Å². The highest BCUT2D eigenvalue weighted by Crippen LogP contribution is 2.09. The molecule has 128 valence electrons. The molecule has 0 saturated heterocycles. The van der Waals surface area contributed by atoms with Gasteiger partial charge >= 0.3 is 5.97 Å². The number of ether oxygens (including phenoxy) is 1. The normalized spacial score (nSPS) is 10.4. The number of benzene rings is 1. The Bertz CT molecular complexity index is 482. The van der Waals surface area contributed by atoms with Crippen molar-refractivity contribution >= 4 is 11.9 Å². The van der Waals surface area contributed by atoms with Crippen LogP contribution in [0.2, 0.25) is 0 Å². The summed E-state index contributed by atoms with van der Waals surface area (Å²) in [7, 11) is 0. The molecule has 0 heterocycles. The molecule has 1 amide bonds. The zero-order valence-electron chi connectivity index (χ0n) is 14.6. The number of amides is 1. The summed E-state index contributed by atoms with van der Waals surface area (Å²) in [5.41, 5.74) is 2.51. The number of hydrogen-bond acceptors (Lipinski definition) is 3. The van der Waals surface area contributed by atoms with Crippen molar-refractivity contribution in [1.82, 2.24) is 4.90 Å². The van der Waals surface area contributed by atoms with Crippen LogP contribution in [0.5, 0.6) is 0 Å². The van der Waals surface area contributed by atoms with Crippen LogP contribution in [0, 0.1) is 6.92 Å². The molecule has 0 radical (unpaired) electrons. The average molecular weight is 319 g/mol. The first kappa shape index (κ1) is 19.2. The van der Waals surface area contributed by atoms with Gasteiger partial charge in [-0.3, -0.25) is 9.59 Å². The van der Waals surface area contributed by atoms with Crippen LogP contribution in [0.1, 0.15) is 50.7 Å². The van der Waals surface area contributed by atoms with E-state index in [1.807, 2.05) is 6.92 Å². The number of rotatable bonds is 10. The molecule has 0 bridgehead atoms. The fourth-order valence-corrected chi connectivity index (χ4v) is 2.45. The summed E-state index contributed by atoms with van der Waals surface area (Å²) in [5.74, 6) is -0.107. The molecule has 23 heavy (non-hydrogen) atoms. The monoisotopic (exact) mass is 319 g/mol. The maximum absolute atomic E-state index is 12.3. The fourth-order valence-electron chi connectivity index (χ4n) is 2.45. The van der Waals surface area contributed by atoms with Crippen molar-refractivity contribution in [1.29, 1.82) is 0 Å². The molecule has 0 saturated carbocycles. The molecule has 1 aromatic carbocycles. The van der Waals surface area contributed by atoms with Gasteiger partial charge in [0, 0.05) is 19.5 Å². The molecule has 0 fully saturated rings. The molecule has 4 nitrogen and oxygen atoms in total. The Morgan fingerprint density at radius 2 is 1.74 bits per heavy atom. The molecule has 1 aromatic rings. The number of esters is 1. The van der Waals surface area contributed by atoms with Crippen LogP contribution in [0.4, 0.5) is 0 Å². The molecule has 0 spiro atoms. The summed E-state index contributed by atoms with van der Waals surface area (Å²) in [5, 5.41) is 0. The number of hydrogen-bond donors (Lipinski definition) is 0. The van der Waals surface area contributed by atoms with Gasteiger partial charge in [-0.2, -0.15) is 0 Å². The van der Waals surface area contributed by atoms with Gasteiger partial charge in [0.05, 0.1) is 13.0 Å². The van der Waals surface area contributed by atoms with Crippen LogP contribution in [0.15, 0.2) is 24.3 Å². The van der Waals surface area contributed by atoms with Gasteiger partial charge < -0.3 is 9.64 Å². The molecule has 0 atom stereocenters. The molecule has 4 heteroatoms. The zero-order chi connectivity index (χ0) is 17.1. The Balaban J connectivity index is 2.38. The molecule has 0 aliphatic rings. The maximum Gasteiger partial charge on any atom is 0.307 e. The first-order chi connectivity index (χ1) is 11.1. The average Bonchev–Trinajstić information content (AvgIpc) is 2.53. The summed E-state index contributed by atoms with van der Waals surface area (Å²) >= 11 is 0. The quantitative estimate of drug-likeness (QED) is 0.620. The van der Waals surface area contributed by atoms with Gasteiger partial charge in [-0.05, 0) is 38.7 Å². The first-order valence-electron chi connectivity index (χ1n) is 8.55. The van der Waals surface area contributed by atoms with Crippen molar-refractivity contribution in [3.8, 4) is 0 Å². The second-order valence-electron chi connectivity index (χ2n) is 5.77. The van der Waals surface area contributed by atoms with Gasteiger partial charge in [0.25, 0.3) is 0 Å². The summed E-state index contributed by atoms with van der Waals surface area (Å²) in [6.45, 7) is 7.43. The van der Waals surface area contributed by atoms with Gasteiger partial charge in [0.2, 0.25) is 5.91 Å². The SMILES string of the molecule is CCCN(CCC(=O)OCC)C(=O)CCCc1ccc(C)cc1. The van der Waals surface area contributed by atoms with Gasteiger partial charge in [-0.1, -0.05) is 36.8 Å². The standard InChI is InChI=1S/C19H29NO3/c1-4-14-20(15-13-19(22)23-5-2)18(21)8-6-7-17-11-9-16(3)10-12-17/h9-12H,4-8,13-15H2,1-3H3. The summed E-state index contributed by atoms with van der Waals surface area (Å²) in [4.78, 5) is 25.5. The van der Waals surface area contributed by atoms with Crippen molar-refractivity contribution in [2.45, 2.75) is 52.9 Å². The van der Waals surface area contributed by atoms with Gasteiger partial charge in [0.15, 0.2) is 0 Å². The van der Waals surface area contributed by atoms with E-state index in [9.17, 15) is 9.59 Å². The number of aryl methyl sites for hydroxylation is 2. The van der Waals surface area contributed by atoms with Crippen molar-refractivity contribution in [2.75, 3.05) is 19.7 Å². The van der Waals surface area contributed by atoms with E-state index in [0.717, 1.165) is 19.3 Å². The van der Waals surface area contributed by atoms with Gasteiger partial charge in [-0.15, -0.1) is 0 Å². The predicted octanol–water partition coefficient (Wildman–Crippen LogP) is 3.51. The first-order valence-corrected chi connectivity index (χ1v) is 8.55. The topological polar surface area (TPSA) is 46.6 Å². The largest absolute Gasteiger partial charge is 0.466 e. The lowest BCUT2D eigenvalue weighted by molar-refractivity contribution is -0.144. The lowest BCUT2D eigenvalue weighted by Crippen LogP contribution is -2.33. The van der Waals surface area contributed by atoms with Crippen molar-refractivity contribution < 1.29 is 14.3 Å². The Kier molecular flexibility index (Phi) is 9.03. The number of carbonyl (C=O) groups excluding carboxylic acids is 2. The molecule has 0 aromatic heterocycles. The maximum atomic E-state index is 12.3. The van der Waals surface area contributed by atoms with Crippen LogP contribution >= 0.6 is 0 Å². The summed E-state index contributed by atoms with van der Waals surface area (Å²) in [6, 6.07) is 8.43. The summed E-state index contributed by atoms with van der Waals surface area (Å²) in [6.07, 6.45) is 3.44. The van der Waals surface area contributed by atoms with E-state index in [4.69, 9.17) is 4.74 Å². The zero-order valence-corrected chi connectivity index (χ0v) is 14.6. The van der Waals surface area contributed by atoms with E-state index in [1.54, 1.807) is 11.8 Å². The Morgan fingerprint density at radius 3 is 2.35 bits per heavy atom. The summed E-state index contributed by atoms with van der Waals surface area (Å²) < 4.78 is 4.92. The smallest absolute Gasteiger partial charge is 0.307 e. The van der Waals surface area contributed by atoms with Crippen LogP contribution in [-0.4, -0.2) is 36.5 Å². The highest BCUT2D eigenvalue weighted by molar-refractivity contribution is 5.77. The second-order valence-corrected chi connectivity index (χ2v) is 5.77. The number of nitrogens with zero attached hydrogens (tertiary/aromatic N) is 1. The molecule has 0 N–H and O–H groups in total. The highest BCUT2D eigenvalue weighted by Gasteiger charge is 2.14. The van der Waals surface area contributed by atoms with Crippen molar-refractivity contribution in [3.05, 3.63) is 35.4 Å². The van der Waals surface area contributed by atoms with E-state index in [-0.39, 0.29) is 18.3 Å². The number of carbonyl (C=O) groups is 2. The molecular weight excluding hydrogens is 290 g/mol. The minimum absolute atomic E-state index is 0.128.